The number of benzene rings is 1. The smallest absolute Gasteiger partial charge is 0.255 e. The predicted octanol–water partition coefficient (Wildman–Crippen LogP) is 2.84. The second-order valence-corrected chi connectivity index (χ2v) is 5.67. The van der Waals surface area contributed by atoms with Crippen LogP contribution in [0.1, 0.15) is 29.6 Å². The predicted molar refractivity (Wildman–Crippen MR) is 78.9 cm³/mol. The van der Waals surface area contributed by atoms with Gasteiger partial charge in [0, 0.05) is 18.0 Å². The van der Waals surface area contributed by atoms with E-state index in [0.29, 0.717) is 29.5 Å². The van der Waals surface area contributed by atoms with E-state index in [0.717, 1.165) is 19.3 Å². The summed E-state index contributed by atoms with van der Waals surface area (Å²) >= 11 is 6.07. The zero-order valence-corrected chi connectivity index (χ0v) is 12.6. The number of carbonyl (C=O) groups is 1. The van der Waals surface area contributed by atoms with Gasteiger partial charge in [-0.05, 0) is 37.3 Å². The number of hydrogen-bond acceptors (Lipinski definition) is 3. The average molecular weight is 298 g/mol. The van der Waals surface area contributed by atoms with E-state index in [1.165, 1.54) is 0 Å². The lowest BCUT2D eigenvalue weighted by molar-refractivity contribution is 0.0944. The molecular weight excluding hydrogens is 278 g/mol. The summed E-state index contributed by atoms with van der Waals surface area (Å²) in [6, 6.07) is 5.17. The maximum absolute atomic E-state index is 12.2. The number of rotatable bonds is 5. The molecule has 2 atom stereocenters. The summed E-state index contributed by atoms with van der Waals surface area (Å²) in [6.07, 6.45) is 3.09. The van der Waals surface area contributed by atoms with Crippen LogP contribution in [-0.4, -0.2) is 32.0 Å². The van der Waals surface area contributed by atoms with Crippen LogP contribution in [0.5, 0.6) is 11.5 Å². The van der Waals surface area contributed by atoms with Crippen LogP contribution in [0.3, 0.4) is 0 Å². The molecule has 5 heteroatoms. The first-order valence-corrected chi connectivity index (χ1v) is 7.22. The van der Waals surface area contributed by atoms with E-state index < -0.39 is 0 Å². The molecule has 1 aliphatic carbocycles. The Hall–Kier alpha value is -1.42. The van der Waals surface area contributed by atoms with E-state index in [4.69, 9.17) is 21.1 Å². The van der Waals surface area contributed by atoms with Gasteiger partial charge >= 0.3 is 0 Å². The van der Waals surface area contributed by atoms with E-state index in [9.17, 15) is 4.79 Å². The summed E-state index contributed by atoms with van der Waals surface area (Å²) in [5, 5.41) is 3.21. The molecular formula is C15H20ClNO3. The van der Waals surface area contributed by atoms with Gasteiger partial charge < -0.3 is 14.8 Å². The maximum atomic E-state index is 12.2. The van der Waals surface area contributed by atoms with E-state index in [-0.39, 0.29) is 11.3 Å². The SMILES string of the molecule is COc1ccc(C(=O)NCC2CCC(Cl)C2)c(OC)c1. The molecule has 0 aromatic heterocycles. The van der Waals surface area contributed by atoms with E-state index in [2.05, 4.69) is 5.32 Å². The standard InChI is InChI=1S/C15H20ClNO3/c1-19-12-5-6-13(14(8-12)20-2)15(18)17-9-10-3-4-11(16)7-10/h5-6,8,10-11H,3-4,7,9H2,1-2H3,(H,17,18). The fourth-order valence-electron chi connectivity index (χ4n) is 2.52. The molecule has 0 saturated heterocycles. The minimum absolute atomic E-state index is 0.123. The average Bonchev–Trinajstić information content (AvgIpc) is 2.89. The van der Waals surface area contributed by atoms with E-state index in [1.807, 2.05) is 0 Å². The summed E-state index contributed by atoms with van der Waals surface area (Å²) in [5.41, 5.74) is 0.522. The van der Waals surface area contributed by atoms with Crippen LogP contribution in [-0.2, 0) is 0 Å². The van der Waals surface area contributed by atoms with Gasteiger partial charge in [-0.15, -0.1) is 11.6 Å². The minimum atomic E-state index is -0.123. The molecule has 0 heterocycles. The fraction of sp³-hybridized carbons (Fsp3) is 0.533. The van der Waals surface area contributed by atoms with Crippen molar-refractivity contribution in [2.45, 2.75) is 24.6 Å². The van der Waals surface area contributed by atoms with Crippen LogP contribution in [0, 0.1) is 5.92 Å². The molecule has 0 radical (unpaired) electrons. The molecule has 1 saturated carbocycles. The Morgan fingerprint density at radius 1 is 1.35 bits per heavy atom. The number of hydrogen-bond donors (Lipinski definition) is 1. The zero-order valence-electron chi connectivity index (χ0n) is 11.8. The molecule has 1 fully saturated rings. The van der Waals surface area contributed by atoms with Gasteiger partial charge in [0.25, 0.3) is 5.91 Å². The number of alkyl halides is 1. The van der Waals surface area contributed by atoms with Crippen LogP contribution in [0.25, 0.3) is 0 Å². The van der Waals surface area contributed by atoms with Crippen LogP contribution in [0.4, 0.5) is 0 Å². The lowest BCUT2D eigenvalue weighted by atomic mass is 10.1. The van der Waals surface area contributed by atoms with Gasteiger partial charge in [-0.1, -0.05) is 0 Å². The Morgan fingerprint density at radius 2 is 2.15 bits per heavy atom. The molecule has 2 rings (SSSR count). The van der Waals surface area contributed by atoms with E-state index in [1.54, 1.807) is 32.4 Å². The lowest BCUT2D eigenvalue weighted by Gasteiger charge is -2.13. The van der Waals surface area contributed by atoms with Crippen molar-refractivity contribution in [1.82, 2.24) is 5.32 Å². The van der Waals surface area contributed by atoms with Gasteiger partial charge in [0.15, 0.2) is 0 Å². The number of halogens is 1. The third kappa shape index (κ3) is 3.57. The normalized spacial score (nSPS) is 21.6. The minimum Gasteiger partial charge on any atom is -0.497 e. The number of nitrogens with one attached hydrogen (secondary N) is 1. The first-order valence-electron chi connectivity index (χ1n) is 6.78. The van der Waals surface area contributed by atoms with Crippen molar-refractivity contribution in [3.63, 3.8) is 0 Å². The van der Waals surface area contributed by atoms with Crippen molar-refractivity contribution < 1.29 is 14.3 Å². The highest BCUT2D eigenvalue weighted by molar-refractivity contribution is 6.20. The molecule has 0 bridgehead atoms. The van der Waals surface area contributed by atoms with Gasteiger partial charge in [0.1, 0.15) is 11.5 Å². The molecule has 0 spiro atoms. The van der Waals surface area contributed by atoms with Crippen molar-refractivity contribution in [2.75, 3.05) is 20.8 Å². The van der Waals surface area contributed by atoms with Crippen molar-refractivity contribution >= 4 is 17.5 Å². The first kappa shape index (κ1) is 15.0. The summed E-state index contributed by atoms with van der Waals surface area (Å²) in [5.74, 6) is 1.54. The molecule has 1 amide bonds. The highest BCUT2D eigenvalue weighted by atomic mass is 35.5. The third-order valence-electron chi connectivity index (χ3n) is 3.68. The quantitative estimate of drug-likeness (QED) is 0.850. The van der Waals surface area contributed by atoms with Crippen molar-refractivity contribution in [2.24, 2.45) is 5.92 Å². The summed E-state index contributed by atoms with van der Waals surface area (Å²) in [7, 11) is 3.12. The Kier molecular flexibility index (Phi) is 5.12. The molecule has 4 nitrogen and oxygen atoms in total. The van der Waals surface area contributed by atoms with Crippen LogP contribution < -0.4 is 14.8 Å². The molecule has 110 valence electrons. The second-order valence-electron chi connectivity index (χ2n) is 5.05. The largest absolute Gasteiger partial charge is 0.497 e. The fourth-order valence-corrected chi connectivity index (χ4v) is 2.90. The van der Waals surface area contributed by atoms with Gasteiger partial charge in [0.05, 0.1) is 19.8 Å². The lowest BCUT2D eigenvalue weighted by Crippen LogP contribution is -2.28. The Morgan fingerprint density at radius 3 is 2.75 bits per heavy atom. The van der Waals surface area contributed by atoms with Crippen molar-refractivity contribution in [3.05, 3.63) is 23.8 Å². The molecule has 20 heavy (non-hydrogen) atoms. The second kappa shape index (κ2) is 6.84. The first-order chi connectivity index (χ1) is 9.63. The van der Waals surface area contributed by atoms with Gasteiger partial charge in [-0.3, -0.25) is 4.79 Å². The van der Waals surface area contributed by atoms with E-state index >= 15 is 0 Å². The Bertz CT molecular complexity index is 478. The number of ether oxygens (including phenoxy) is 2. The molecule has 1 aliphatic rings. The number of methoxy groups -OCH3 is 2. The topological polar surface area (TPSA) is 47.6 Å². The molecule has 2 unspecified atom stereocenters. The number of carbonyl (C=O) groups excluding carboxylic acids is 1. The molecule has 1 N–H and O–H groups in total. The Labute approximate surface area is 124 Å². The highest BCUT2D eigenvalue weighted by Gasteiger charge is 2.23. The summed E-state index contributed by atoms with van der Waals surface area (Å²) in [6.45, 7) is 0.664. The van der Waals surface area contributed by atoms with Gasteiger partial charge in [-0.2, -0.15) is 0 Å². The van der Waals surface area contributed by atoms with Crippen LogP contribution in [0.2, 0.25) is 0 Å². The van der Waals surface area contributed by atoms with Crippen molar-refractivity contribution in [3.8, 4) is 11.5 Å². The van der Waals surface area contributed by atoms with Crippen LogP contribution in [0.15, 0.2) is 18.2 Å². The Balaban J connectivity index is 1.98. The van der Waals surface area contributed by atoms with Crippen LogP contribution >= 0.6 is 11.6 Å². The maximum Gasteiger partial charge on any atom is 0.255 e. The monoisotopic (exact) mass is 297 g/mol. The molecule has 1 aromatic rings. The third-order valence-corrected chi connectivity index (χ3v) is 4.08. The number of amides is 1. The molecule has 1 aromatic carbocycles. The molecule has 0 aliphatic heterocycles. The zero-order chi connectivity index (χ0) is 14.5. The van der Waals surface area contributed by atoms with Crippen molar-refractivity contribution in [1.29, 1.82) is 0 Å². The van der Waals surface area contributed by atoms with Gasteiger partial charge in [0.2, 0.25) is 0 Å². The summed E-state index contributed by atoms with van der Waals surface area (Å²) in [4.78, 5) is 12.2. The highest BCUT2D eigenvalue weighted by Crippen LogP contribution is 2.29. The van der Waals surface area contributed by atoms with Gasteiger partial charge in [-0.25, -0.2) is 0 Å². The summed E-state index contributed by atoms with van der Waals surface area (Å²) < 4.78 is 10.4.